The Bertz CT molecular complexity index is 165. The second-order valence-corrected chi connectivity index (χ2v) is 6.92. The molecule has 0 saturated heterocycles. The molecule has 0 atom stereocenters. The van der Waals surface area contributed by atoms with Crippen molar-refractivity contribution in [3.63, 3.8) is 0 Å². The van der Waals surface area contributed by atoms with Gasteiger partial charge in [0.25, 0.3) is 0 Å². The molecule has 0 fully saturated rings. The number of nitrogens with one attached hydrogen (secondary N) is 1. The normalized spacial score (nSPS) is 12.0. The van der Waals surface area contributed by atoms with Crippen LogP contribution in [0.4, 0.5) is 0 Å². The number of hydrogen-bond acceptors (Lipinski definition) is 4. The molecule has 110 valence electrons. The smallest absolute Gasteiger partial charge is 0.374 e. The second kappa shape index (κ2) is 12.1. The summed E-state index contributed by atoms with van der Waals surface area (Å²) in [6, 6.07) is 0.904. The highest BCUT2D eigenvalue weighted by Crippen LogP contribution is 2.17. The monoisotopic (exact) mass is 277 g/mol. The van der Waals surface area contributed by atoms with Gasteiger partial charge in [-0.05, 0) is 46.7 Å². The Morgan fingerprint density at radius 3 is 1.72 bits per heavy atom. The van der Waals surface area contributed by atoms with Crippen molar-refractivity contribution in [1.82, 2.24) is 5.32 Å². The lowest BCUT2D eigenvalue weighted by atomic mass is 10.3. The van der Waals surface area contributed by atoms with E-state index in [1.54, 1.807) is 0 Å². The highest BCUT2D eigenvalue weighted by atomic mass is 28.4. The Morgan fingerprint density at radius 2 is 1.28 bits per heavy atom. The molecule has 0 radical (unpaired) electrons. The minimum Gasteiger partial charge on any atom is -0.374 e. The van der Waals surface area contributed by atoms with Crippen molar-refractivity contribution in [3.8, 4) is 0 Å². The maximum Gasteiger partial charge on any atom is 0.500 e. The van der Waals surface area contributed by atoms with E-state index in [1.165, 1.54) is 12.8 Å². The van der Waals surface area contributed by atoms with E-state index in [0.717, 1.165) is 25.6 Å². The third-order valence-corrected chi connectivity index (χ3v) is 5.79. The Morgan fingerprint density at radius 1 is 0.778 bits per heavy atom. The van der Waals surface area contributed by atoms with Crippen LogP contribution >= 0.6 is 0 Å². The maximum atomic E-state index is 5.80. The van der Waals surface area contributed by atoms with Gasteiger partial charge in [0.05, 0.1) is 0 Å². The van der Waals surface area contributed by atoms with Crippen LogP contribution in [0.1, 0.15) is 47.0 Å². The zero-order valence-corrected chi connectivity index (χ0v) is 13.6. The van der Waals surface area contributed by atoms with Crippen LogP contribution in [0.25, 0.3) is 0 Å². The van der Waals surface area contributed by atoms with E-state index in [1.807, 2.05) is 20.8 Å². The molecule has 0 spiro atoms. The molecule has 5 heteroatoms. The van der Waals surface area contributed by atoms with E-state index in [0.29, 0.717) is 19.8 Å². The first kappa shape index (κ1) is 18.1. The molecule has 0 unspecified atom stereocenters. The zero-order chi connectivity index (χ0) is 13.7. The van der Waals surface area contributed by atoms with Crippen LogP contribution in [-0.2, 0) is 13.3 Å². The maximum absolute atomic E-state index is 5.80. The summed E-state index contributed by atoms with van der Waals surface area (Å²) in [6.45, 7) is 12.3. The molecule has 1 N–H and O–H groups in total. The molecule has 18 heavy (non-hydrogen) atoms. The molecular weight excluding hydrogens is 246 g/mol. The zero-order valence-electron chi connectivity index (χ0n) is 12.6. The predicted molar refractivity (Wildman–Crippen MR) is 77.8 cm³/mol. The highest BCUT2D eigenvalue weighted by molar-refractivity contribution is 6.60. The number of rotatable bonds is 13. The van der Waals surface area contributed by atoms with Crippen molar-refractivity contribution in [1.29, 1.82) is 0 Å². The molecule has 0 aliphatic carbocycles. The molecule has 0 aliphatic rings. The number of hydrogen-bond donors (Lipinski definition) is 1. The molecule has 0 bridgehead atoms. The van der Waals surface area contributed by atoms with Crippen LogP contribution in [0.15, 0.2) is 0 Å². The van der Waals surface area contributed by atoms with Gasteiger partial charge < -0.3 is 18.6 Å². The standard InChI is InChI=1S/C13H31NO3Si/c1-5-9-11-14-12-10-13-18(15-6-2,16-7-3)17-8-4/h14H,5-13H2,1-4H3. The average Bonchev–Trinajstić information content (AvgIpc) is 2.35. The summed E-state index contributed by atoms with van der Waals surface area (Å²) in [5.74, 6) is 0. The minimum absolute atomic E-state index is 0.662. The van der Waals surface area contributed by atoms with Crippen LogP contribution < -0.4 is 5.32 Å². The summed E-state index contributed by atoms with van der Waals surface area (Å²) < 4.78 is 17.4. The SMILES string of the molecule is CCCCNCCC[Si](OCC)(OCC)OCC. The molecule has 0 aromatic carbocycles. The fraction of sp³-hybridized carbons (Fsp3) is 1.00. The van der Waals surface area contributed by atoms with Gasteiger partial charge in [0.15, 0.2) is 0 Å². The first-order valence-electron chi connectivity index (χ1n) is 7.37. The molecule has 0 amide bonds. The van der Waals surface area contributed by atoms with Gasteiger partial charge in [-0.3, -0.25) is 0 Å². The molecule has 0 rings (SSSR count). The van der Waals surface area contributed by atoms with Gasteiger partial charge in [-0.2, -0.15) is 0 Å². The van der Waals surface area contributed by atoms with Crippen molar-refractivity contribution in [2.75, 3.05) is 32.9 Å². The van der Waals surface area contributed by atoms with Gasteiger partial charge in [-0.25, -0.2) is 0 Å². The molecular formula is C13H31NO3Si. The van der Waals surface area contributed by atoms with Gasteiger partial charge >= 0.3 is 8.80 Å². The van der Waals surface area contributed by atoms with Crippen LogP contribution in [0.2, 0.25) is 6.04 Å². The van der Waals surface area contributed by atoms with Crippen LogP contribution in [-0.4, -0.2) is 41.7 Å². The van der Waals surface area contributed by atoms with Crippen LogP contribution in [0, 0.1) is 0 Å². The predicted octanol–water partition coefficient (Wildman–Crippen LogP) is 2.81. The Hall–Kier alpha value is 0.0569. The molecule has 0 saturated carbocycles. The summed E-state index contributed by atoms with van der Waals surface area (Å²) in [7, 11) is -2.40. The molecule has 4 nitrogen and oxygen atoms in total. The summed E-state index contributed by atoms with van der Waals surface area (Å²) in [6.07, 6.45) is 3.53. The van der Waals surface area contributed by atoms with Gasteiger partial charge in [0.2, 0.25) is 0 Å². The molecule has 0 heterocycles. The van der Waals surface area contributed by atoms with Crippen LogP contribution in [0.5, 0.6) is 0 Å². The second-order valence-electron chi connectivity index (χ2n) is 4.19. The van der Waals surface area contributed by atoms with E-state index in [-0.39, 0.29) is 0 Å². The van der Waals surface area contributed by atoms with E-state index < -0.39 is 8.80 Å². The largest absolute Gasteiger partial charge is 0.500 e. The Kier molecular flexibility index (Phi) is 12.1. The van der Waals surface area contributed by atoms with Gasteiger partial charge in [-0.1, -0.05) is 13.3 Å². The molecule has 0 aromatic rings. The lowest BCUT2D eigenvalue weighted by Gasteiger charge is -2.28. The molecule has 0 aromatic heterocycles. The van der Waals surface area contributed by atoms with E-state index in [4.69, 9.17) is 13.3 Å². The Labute approximate surface area is 114 Å². The van der Waals surface area contributed by atoms with Gasteiger partial charge in [0, 0.05) is 25.9 Å². The molecule has 0 aliphatic heterocycles. The third-order valence-electron chi connectivity index (χ3n) is 2.64. The first-order valence-corrected chi connectivity index (χ1v) is 9.30. The fourth-order valence-electron chi connectivity index (χ4n) is 1.86. The van der Waals surface area contributed by atoms with Crippen molar-refractivity contribution in [2.45, 2.75) is 53.0 Å². The van der Waals surface area contributed by atoms with E-state index in [2.05, 4.69) is 12.2 Å². The summed E-state index contributed by atoms with van der Waals surface area (Å²) >= 11 is 0. The van der Waals surface area contributed by atoms with Crippen molar-refractivity contribution in [3.05, 3.63) is 0 Å². The lowest BCUT2D eigenvalue weighted by molar-refractivity contribution is 0.0708. The van der Waals surface area contributed by atoms with E-state index in [9.17, 15) is 0 Å². The third kappa shape index (κ3) is 8.21. The van der Waals surface area contributed by atoms with Crippen molar-refractivity contribution in [2.24, 2.45) is 0 Å². The lowest BCUT2D eigenvalue weighted by Crippen LogP contribution is -2.46. The average molecular weight is 277 g/mol. The van der Waals surface area contributed by atoms with Crippen molar-refractivity contribution < 1.29 is 13.3 Å². The van der Waals surface area contributed by atoms with Crippen molar-refractivity contribution >= 4 is 8.80 Å². The Balaban J connectivity index is 3.97. The summed E-state index contributed by atoms with van der Waals surface area (Å²) in [5.41, 5.74) is 0. The number of unbranched alkanes of at least 4 members (excludes halogenated alkanes) is 1. The quantitative estimate of drug-likeness (QED) is 0.415. The van der Waals surface area contributed by atoms with Gasteiger partial charge in [-0.15, -0.1) is 0 Å². The van der Waals surface area contributed by atoms with Gasteiger partial charge in [0.1, 0.15) is 0 Å². The topological polar surface area (TPSA) is 39.7 Å². The summed E-state index contributed by atoms with van der Waals surface area (Å²) in [4.78, 5) is 0. The summed E-state index contributed by atoms with van der Waals surface area (Å²) in [5, 5.41) is 3.44. The first-order chi connectivity index (χ1) is 8.74. The highest BCUT2D eigenvalue weighted by Gasteiger charge is 2.39. The van der Waals surface area contributed by atoms with Crippen LogP contribution in [0.3, 0.4) is 0 Å². The minimum atomic E-state index is -2.40. The fourth-order valence-corrected chi connectivity index (χ4v) is 4.47. The van der Waals surface area contributed by atoms with E-state index >= 15 is 0 Å².